The van der Waals surface area contributed by atoms with E-state index in [1.165, 1.54) is 7.11 Å². The minimum atomic E-state index is -1.000. The van der Waals surface area contributed by atoms with E-state index in [-0.39, 0.29) is 5.56 Å². The topological polar surface area (TPSA) is 55.8 Å². The number of rotatable bonds is 2. The highest BCUT2D eigenvalue weighted by Crippen LogP contribution is 2.38. The third-order valence-electron chi connectivity index (χ3n) is 2.25. The molecule has 0 fully saturated rings. The number of methoxy groups -OCH3 is 1. The normalized spacial score (nSPS) is 13.2. The van der Waals surface area contributed by atoms with Crippen LogP contribution >= 0.6 is 0 Å². The first-order valence-electron chi connectivity index (χ1n) is 4.30. The molecule has 0 amide bonds. The highest BCUT2D eigenvalue weighted by molar-refractivity contribution is 5.92. The molecule has 74 valence electrons. The zero-order chi connectivity index (χ0) is 10.1. The fourth-order valence-electron chi connectivity index (χ4n) is 1.59. The lowest BCUT2D eigenvalue weighted by atomic mass is 10.1. The number of benzene rings is 1. The van der Waals surface area contributed by atoms with Crippen LogP contribution in [-0.4, -0.2) is 24.8 Å². The first-order valence-corrected chi connectivity index (χ1v) is 4.30. The van der Waals surface area contributed by atoms with Crippen molar-refractivity contribution in [3.05, 3.63) is 23.3 Å². The second kappa shape index (κ2) is 3.21. The quantitative estimate of drug-likeness (QED) is 0.771. The van der Waals surface area contributed by atoms with E-state index in [2.05, 4.69) is 0 Å². The minimum absolute atomic E-state index is 0.146. The number of carbonyl (C=O) groups is 1. The van der Waals surface area contributed by atoms with Gasteiger partial charge in [-0.3, -0.25) is 0 Å². The number of carboxylic acid groups (broad SMARTS) is 1. The Bertz CT molecular complexity index is 384. The van der Waals surface area contributed by atoms with Crippen LogP contribution < -0.4 is 9.47 Å². The highest BCUT2D eigenvalue weighted by atomic mass is 16.5. The molecule has 4 heteroatoms. The predicted octanol–water partition coefficient (Wildman–Crippen LogP) is 1.33. The van der Waals surface area contributed by atoms with Crippen LogP contribution in [0.2, 0.25) is 0 Å². The molecule has 0 aromatic heterocycles. The standard InChI is InChI=1S/C10H10O4/c1-13-9-7(10(11)12)3-2-6-4-5-14-8(6)9/h2-3H,4-5H2,1H3,(H,11,12). The van der Waals surface area contributed by atoms with Gasteiger partial charge in [-0.05, 0) is 6.07 Å². The summed E-state index contributed by atoms with van der Waals surface area (Å²) in [5, 5.41) is 8.89. The van der Waals surface area contributed by atoms with Crippen LogP contribution in [0.4, 0.5) is 0 Å². The van der Waals surface area contributed by atoms with E-state index < -0.39 is 5.97 Å². The van der Waals surface area contributed by atoms with Crippen molar-refractivity contribution >= 4 is 5.97 Å². The number of aromatic carboxylic acids is 1. The molecule has 1 aliphatic heterocycles. The average molecular weight is 194 g/mol. The Morgan fingerprint density at radius 1 is 1.57 bits per heavy atom. The maximum absolute atomic E-state index is 10.8. The molecule has 1 aliphatic rings. The van der Waals surface area contributed by atoms with Crippen molar-refractivity contribution in [1.82, 2.24) is 0 Å². The molecule has 0 saturated carbocycles. The second-order valence-corrected chi connectivity index (χ2v) is 3.04. The molecule has 0 atom stereocenters. The van der Waals surface area contributed by atoms with Gasteiger partial charge in [0.1, 0.15) is 5.56 Å². The number of fused-ring (bicyclic) bond motifs is 1. The van der Waals surface area contributed by atoms with Crippen LogP contribution in [0, 0.1) is 0 Å². The molecule has 0 aliphatic carbocycles. The van der Waals surface area contributed by atoms with E-state index in [0.29, 0.717) is 18.1 Å². The van der Waals surface area contributed by atoms with Crippen LogP contribution in [0.25, 0.3) is 0 Å². The summed E-state index contributed by atoms with van der Waals surface area (Å²) in [7, 11) is 1.45. The number of ether oxygens (including phenoxy) is 2. The summed E-state index contributed by atoms with van der Waals surface area (Å²) >= 11 is 0. The van der Waals surface area contributed by atoms with E-state index >= 15 is 0 Å². The number of hydrogen-bond acceptors (Lipinski definition) is 3. The van der Waals surface area contributed by atoms with Crippen LogP contribution in [0.15, 0.2) is 12.1 Å². The van der Waals surface area contributed by atoms with Crippen molar-refractivity contribution < 1.29 is 19.4 Å². The lowest BCUT2D eigenvalue weighted by Gasteiger charge is -2.09. The van der Waals surface area contributed by atoms with Crippen LogP contribution in [-0.2, 0) is 6.42 Å². The fraction of sp³-hybridized carbons (Fsp3) is 0.300. The van der Waals surface area contributed by atoms with Crippen LogP contribution in [0.1, 0.15) is 15.9 Å². The van der Waals surface area contributed by atoms with Gasteiger partial charge in [-0.25, -0.2) is 4.79 Å². The van der Waals surface area contributed by atoms with Crippen molar-refractivity contribution in [2.45, 2.75) is 6.42 Å². The molecule has 0 bridgehead atoms. The smallest absolute Gasteiger partial charge is 0.339 e. The predicted molar refractivity (Wildman–Crippen MR) is 49.2 cm³/mol. The Kier molecular flexibility index (Phi) is 2.04. The van der Waals surface area contributed by atoms with Gasteiger partial charge in [0.25, 0.3) is 0 Å². The SMILES string of the molecule is COc1c(C(=O)O)ccc2c1OCC2. The third-order valence-corrected chi connectivity index (χ3v) is 2.25. The lowest BCUT2D eigenvalue weighted by molar-refractivity contribution is 0.0692. The molecule has 4 nitrogen and oxygen atoms in total. The van der Waals surface area contributed by atoms with E-state index in [1.54, 1.807) is 12.1 Å². The zero-order valence-electron chi connectivity index (χ0n) is 7.74. The molecule has 0 unspecified atom stereocenters. The van der Waals surface area contributed by atoms with Gasteiger partial charge >= 0.3 is 5.97 Å². The van der Waals surface area contributed by atoms with E-state index in [1.807, 2.05) is 0 Å². The molecule has 1 aromatic carbocycles. The molecular formula is C10H10O4. The summed E-state index contributed by atoms with van der Waals surface area (Å²) < 4.78 is 10.4. The molecule has 14 heavy (non-hydrogen) atoms. The van der Waals surface area contributed by atoms with Crippen LogP contribution in [0.5, 0.6) is 11.5 Å². The number of carboxylic acids is 1. The monoisotopic (exact) mass is 194 g/mol. The summed E-state index contributed by atoms with van der Waals surface area (Å²) in [5.41, 5.74) is 1.15. The van der Waals surface area contributed by atoms with Gasteiger partial charge < -0.3 is 14.6 Å². The van der Waals surface area contributed by atoms with Gasteiger partial charge in [-0.2, -0.15) is 0 Å². The fourth-order valence-corrected chi connectivity index (χ4v) is 1.59. The van der Waals surface area contributed by atoms with E-state index in [9.17, 15) is 4.79 Å². The van der Waals surface area contributed by atoms with Gasteiger partial charge in [0.2, 0.25) is 0 Å². The van der Waals surface area contributed by atoms with Crippen molar-refractivity contribution in [3.8, 4) is 11.5 Å². The van der Waals surface area contributed by atoms with Crippen molar-refractivity contribution in [2.24, 2.45) is 0 Å². The Morgan fingerprint density at radius 3 is 3.00 bits per heavy atom. The minimum Gasteiger partial charge on any atom is -0.492 e. The van der Waals surface area contributed by atoms with E-state index in [4.69, 9.17) is 14.6 Å². The van der Waals surface area contributed by atoms with Gasteiger partial charge in [0.05, 0.1) is 13.7 Å². The molecule has 0 saturated heterocycles. The van der Waals surface area contributed by atoms with Gasteiger partial charge in [0.15, 0.2) is 11.5 Å². The van der Waals surface area contributed by atoms with Crippen molar-refractivity contribution in [1.29, 1.82) is 0 Å². The first-order chi connectivity index (χ1) is 6.74. The second-order valence-electron chi connectivity index (χ2n) is 3.04. The summed E-state index contributed by atoms with van der Waals surface area (Å²) in [6.07, 6.45) is 0.811. The van der Waals surface area contributed by atoms with E-state index in [0.717, 1.165) is 12.0 Å². The molecule has 2 rings (SSSR count). The van der Waals surface area contributed by atoms with Crippen LogP contribution in [0.3, 0.4) is 0 Å². The molecule has 0 spiro atoms. The summed E-state index contributed by atoms with van der Waals surface area (Å²) in [4.78, 5) is 10.8. The molecule has 1 aromatic rings. The van der Waals surface area contributed by atoms with Gasteiger partial charge in [-0.15, -0.1) is 0 Å². The van der Waals surface area contributed by atoms with Gasteiger partial charge in [-0.1, -0.05) is 6.07 Å². The Hall–Kier alpha value is -1.71. The summed E-state index contributed by atoms with van der Waals surface area (Å²) in [5.74, 6) is -0.0972. The molecular weight excluding hydrogens is 184 g/mol. The Morgan fingerprint density at radius 2 is 2.36 bits per heavy atom. The highest BCUT2D eigenvalue weighted by Gasteiger charge is 2.22. The largest absolute Gasteiger partial charge is 0.492 e. The first kappa shape index (κ1) is 8.87. The molecule has 1 heterocycles. The summed E-state index contributed by atoms with van der Waals surface area (Å²) in [6, 6.07) is 3.32. The summed E-state index contributed by atoms with van der Waals surface area (Å²) in [6.45, 7) is 0.592. The third kappa shape index (κ3) is 1.19. The zero-order valence-corrected chi connectivity index (χ0v) is 7.74. The van der Waals surface area contributed by atoms with Crippen molar-refractivity contribution in [2.75, 3.05) is 13.7 Å². The van der Waals surface area contributed by atoms with Gasteiger partial charge in [0, 0.05) is 12.0 Å². The maximum atomic E-state index is 10.8. The van der Waals surface area contributed by atoms with Crippen molar-refractivity contribution in [3.63, 3.8) is 0 Å². The molecule has 0 radical (unpaired) electrons. The maximum Gasteiger partial charge on any atom is 0.339 e. The number of hydrogen-bond donors (Lipinski definition) is 1. The average Bonchev–Trinajstić information content (AvgIpc) is 2.63. The lowest BCUT2D eigenvalue weighted by Crippen LogP contribution is -2.01. The molecule has 1 N–H and O–H groups in total. The Labute approximate surface area is 81.1 Å². The Balaban J connectivity index is 2.59.